The second-order valence-electron chi connectivity index (χ2n) is 2.69. The van der Waals surface area contributed by atoms with Gasteiger partial charge >= 0.3 is 0 Å². The highest BCUT2D eigenvalue weighted by molar-refractivity contribution is 5.79. The number of halogens is 1. The molecule has 0 atom stereocenters. The second-order valence-corrected chi connectivity index (χ2v) is 2.69. The third-order valence-electron chi connectivity index (χ3n) is 1.84. The summed E-state index contributed by atoms with van der Waals surface area (Å²) in [5.74, 6) is -1.09. The number of carbonyl (C=O) groups is 1. The van der Waals surface area contributed by atoms with E-state index in [9.17, 15) is 9.18 Å². The van der Waals surface area contributed by atoms with Crippen LogP contribution in [0.25, 0.3) is 0 Å². The van der Waals surface area contributed by atoms with Crippen molar-refractivity contribution in [2.24, 2.45) is 0 Å². The van der Waals surface area contributed by atoms with E-state index in [1.807, 2.05) is 0 Å². The summed E-state index contributed by atoms with van der Waals surface area (Å²) >= 11 is 0. The number of carbonyl (C=O) groups excluding carboxylic acids is 1. The lowest BCUT2D eigenvalue weighted by molar-refractivity contribution is 0.112. The van der Waals surface area contributed by atoms with E-state index in [1.165, 1.54) is 19.9 Å². The van der Waals surface area contributed by atoms with Crippen molar-refractivity contribution >= 4 is 6.29 Å². The molecule has 0 radical (unpaired) electrons. The van der Waals surface area contributed by atoms with Crippen LogP contribution < -0.4 is 0 Å². The molecule has 1 rings (SSSR count). The largest absolute Gasteiger partial charge is 0.505 e. The van der Waals surface area contributed by atoms with Crippen molar-refractivity contribution in [3.8, 4) is 5.75 Å². The Morgan fingerprint density at radius 2 is 2.08 bits per heavy atom. The third-order valence-corrected chi connectivity index (χ3v) is 1.84. The lowest BCUT2D eigenvalue weighted by Crippen LogP contribution is -1.93. The predicted octanol–water partition coefficient (Wildman–Crippen LogP) is 1.96. The van der Waals surface area contributed by atoms with E-state index in [1.54, 1.807) is 0 Å². The smallest absolute Gasteiger partial charge is 0.168 e. The molecule has 1 aromatic rings. The van der Waals surface area contributed by atoms with Gasteiger partial charge in [-0.05, 0) is 25.5 Å². The molecule has 0 aliphatic rings. The zero-order valence-corrected chi connectivity index (χ0v) is 6.89. The van der Waals surface area contributed by atoms with Crippen molar-refractivity contribution < 1.29 is 14.3 Å². The molecule has 0 saturated carbocycles. The van der Waals surface area contributed by atoms with Gasteiger partial charge in [0, 0.05) is 11.1 Å². The van der Waals surface area contributed by atoms with Crippen molar-refractivity contribution in [3.63, 3.8) is 0 Å². The van der Waals surface area contributed by atoms with Crippen LogP contribution in [0.2, 0.25) is 0 Å². The highest BCUT2D eigenvalue weighted by Gasteiger charge is 2.10. The second kappa shape index (κ2) is 2.93. The normalized spacial score (nSPS) is 9.92. The van der Waals surface area contributed by atoms with Gasteiger partial charge in [-0.15, -0.1) is 0 Å². The van der Waals surface area contributed by atoms with Crippen molar-refractivity contribution in [1.82, 2.24) is 0 Å². The van der Waals surface area contributed by atoms with Crippen LogP contribution in [0, 0.1) is 19.7 Å². The van der Waals surface area contributed by atoms with Gasteiger partial charge < -0.3 is 5.11 Å². The van der Waals surface area contributed by atoms with Gasteiger partial charge in [0.15, 0.2) is 11.6 Å². The van der Waals surface area contributed by atoms with Gasteiger partial charge in [-0.3, -0.25) is 4.79 Å². The predicted molar refractivity (Wildman–Crippen MR) is 42.9 cm³/mol. The molecule has 0 unspecified atom stereocenters. The summed E-state index contributed by atoms with van der Waals surface area (Å²) in [7, 11) is 0. The molecule has 3 heteroatoms. The first-order chi connectivity index (χ1) is 5.57. The van der Waals surface area contributed by atoms with Crippen molar-refractivity contribution in [2.75, 3.05) is 0 Å². The summed E-state index contributed by atoms with van der Waals surface area (Å²) in [6.45, 7) is 3.00. The van der Waals surface area contributed by atoms with E-state index in [0.29, 0.717) is 11.8 Å². The maximum absolute atomic E-state index is 12.9. The highest BCUT2D eigenvalue weighted by atomic mass is 19.1. The zero-order chi connectivity index (χ0) is 9.30. The van der Waals surface area contributed by atoms with Crippen LogP contribution in [0.1, 0.15) is 21.5 Å². The summed E-state index contributed by atoms with van der Waals surface area (Å²) in [4.78, 5) is 10.4. The zero-order valence-electron chi connectivity index (χ0n) is 6.89. The Labute approximate surface area is 69.6 Å². The van der Waals surface area contributed by atoms with Crippen LogP contribution in [0.5, 0.6) is 5.75 Å². The van der Waals surface area contributed by atoms with Gasteiger partial charge in [-0.1, -0.05) is 0 Å². The number of hydrogen-bond donors (Lipinski definition) is 1. The summed E-state index contributed by atoms with van der Waals surface area (Å²) in [6, 6.07) is 1.41. The number of aromatic hydroxyl groups is 1. The molecule has 0 aromatic heterocycles. The number of hydrogen-bond acceptors (Lipinski definition) is 2. The van der Waals surface area contributed by atoms with E-state index >= 15 is 0 Å². The fraction of sp³-hybridized carbons (Fsp3) is 0.222. The molecule has 0 spiro atoms. The molecule has 0 aliphatic heterocycles. The van der Waals surface area contributed by atoms with Gasteiger partial charge in [-0.2, -0.15) is 0 Å². The topological polar surface area (TPSA) is 37.3 Å². The Kier molecular flexibility index (Phi) is 2.13. The number of rotatable bonds is 1. The fourth-order valence-corrected chi connectivity index (χ4v) is 1.02. The molecule has 12 heavy (non-hydrogen) atoms. The van der Waals surface area contributed by atoms with Crippen molar-refractivity contribution in [1.29, 1.82) is 0 Å². The number of aldehydes is 1. The molecule has 1 aromatic carbocycles. The Bertz CT molecular complexity index is 332. The van der Waals surface area contributed by atoms with Crippen LogP contribution in [0.4, 0.5) is 4.39 Å². The van der Waals surface area contributed by atoms with Crippen molar-refractivity contribution in [2.45, 2.75) is 13.8 Å². The van der Waals surface area contributed by atoms with Gasteiger partial charge in [0.25, 0.3) is 0 Å². The molecule has 1 N–H and O–H groups in total. The number of phenols is 1. The molecular weight excluding hydrogens is 159 g/mol. The first kappa shape index (κ1) is 8.71. The first-order valence-electron chi connectivity index (χ1n) is 3.51. The minimum atomic E-state index is -0.655. The SMILES string of the molecule is Cc1cc(C=O)c(C)c(O)c1F. The Morgan fingerprint density at radius 3 is 2.58 bits per heavy atom. The van der Waals surface area contributed by atoms with E-state index < -0.39 is 11.6 Å². The average molecular weight is 168 g/mol. The van der Waals surface area contributed by atoms with E-state index in [4.69, 9.17) is 5.11 Å². The standard InChI is InChI=1S/C9H9FO2/c1-5-3-7(4-11)6(2)9(12)8(5)10/h3-4,12H,1-2H3. The molecule has 0 bridgehead atoms. The molecule has 0 aliphatic carbocycles. The lowest BCUT2D eigenvalue weighted by atomic mass is 10.0. The van der Waals surface area contributed by atoms with E-state index in [0.717, 1.165) is 0 Å². The Balaban J connectivity index is 3.49. The summed E-state index contributed by atoms with van der Waals surface area (Å²) in [5.41, 5.74) is 0.889. The summed E-state index contributed by atoms with van der Waals surface area (Å²) < 4.78 is 12.9. The average Bonchev–Trinajstić information content (AvgIpc) is 2.08. The fourth-order valence-electron chi connectivity index (χ4n) is 1.02. The number of benzene rings is 1. The highest BCUT2D eigenvalue weighted by Crippen LogP contribution is 2.25. The molecule has 2 nitrogen and oxygen atoms in total. The molecule has 64 valence electrons. The monoisotopic (exact) mass is 168 g/mol. The molecule has 0 fully saturated rings. The van der Waals surface area contributed by atoms with Crippen LogP contribution in [0.3, 0.4) is 0 Å². The summed E-state index contributed by atoms with van der Waals surface area (Å²) in [5, 5.41) is 9.17. The Morgan fingerprint density at radius 1 is 1.50 bits per heavy atom. The van der Waals surface area contributed by atoms with Crippen LogP contribution >= 0.6 is 0 Å². The quantitative estimate of drug-likeness (QED) is 0.651. The van der Waals surface area contributed by atoms with Gasteiger partial charge in [0.05, 0.1) is 0 Å². The Hall–Kier alpha value is -1.38. The third kappa shape index (κ3) is 1.18. The number of phenolic OH excluding ortho intramolecular Hbond substituents is 1. The minimum absolute atomic E-state index is 0.278. The summed E-state index contributed by atoms with van der Waals surface area (Å²) in [6.07, 6.45) is 0.599. The maximum atomic E-state index is 12.9. The van der Waals surface area contributed by atoms with Crippen molar-refractivity contribution in [3.05, 3.63) is 28.6 Å². The number of aryl methyl sites for hydroxylation is 1. The molecular formula is C9H9FO2. The lowest BCUT2D eigenvalue weighted by Gasteiger charge is -2.05. The molecule has 0 saturated heterocycles. The van der Waals surface area contributed by atoms with Gasteiger partial charge in [-0.25, -0.2) is 4.39 Å². The van der Waals surface area contributed by atoms with Crippen LogP contribution in [-0.4, -0.2) is 11.4 Å². The van der Waals surface area contributed by atoms with Gasteiger partial charge in [0.1, 0.15) is 6.29 Å². The molecule has 0 heterocycles. The molecule has 0 amide bonds. The first-order valence-corrected chi connectivity index (χ1v) is 3.51. The maximum Gasteiger partial charge on any atom is 0.168 e. The van der Waals surface area contributed by atoms with E-state index in [-0.39, 0.29) is 11.1 Å². The minimum Gasteiger partial charge on any atom is -0.505 e. The van der Waals surface area contributed by atoms with Crippen LogP contribution in [0.15, 0.2) is 6.07 Å². The van der Waals surface area contributed by atoms with Crippen LogP contribution in [-0.2, 0) is 0 Å². The van der Waals surface area contributed by atoms with E-state index in [2.05, 4.69) is 0 Å². The van der Waals surface area contributed by atoms with Gasteiger partial charge in [0.2, 0.25) is 0 Å².